The molecule has 1 aromatic carbocycles. The second-order valence-electron chi connectivity index (χ2n) is 8.38. The fraction of sp³-hybridized carbons (Fsp3) is 0.269. The predicted octanol–water partition coefficient (Wildman–Crippen LogP) is 4.69. The summed E-state index contributed by atoms with van der Waals surface area (Å²) in [5.74, 6) is 0.306. The van der Waals surface area contributed by atoms with Gasteiger partial charge < -0.3 is 13.9 Å². The third-order valence-electron chi connectivity index (χ3n) is 6.10. The number of carbonyl (C=O) groups is 1. The molecule has 7 nitrogen and oxygen atoms in total. The number of halogens is 1. The normalized spacial score (nSPS) is 17.0. The maximum Gasteiger partial charge on any atom is 0.309 e. The Hall–Kier alpha value is -3.58. The van der Waals surface area contributed by atoms with E-state index in [9.17, 15) is 9.59 Å². The van der Waals surface area contributed by atoms with E-state index in [1.54, 1.807) is 29.0 Å². The zero-order chi connectivity index (χ0) is 23.8. The number of aromatic nitrogens is 3. The average Bonchev–Trinajstić information content (AvgIpc) is 3.56. The van der Waals surface area contributed by atoms with E-state index in [1.165, 1.54) is 6.07 Å². The number of hydrogen-bond donors (Lipinski definition) is 0. The van der Waals surface area contributed by atoms with Crippen LogP contribution in [0.3, 0.4) is 0 Å². The van der Waals surface area contributed by atoms with Crippen molar-refractivity contribution in [2.45, 2.75) is 32.8 Å². The molecule has 1 saturated carbocycles. The Morgan fingerprint density at radius 1 is 1.18 bits per heavy atom. The van der Waals surface area contributed by atoms with Crippen LogP contribution in [-0.4, -0.2) is 26.5 Å². The summed E-state index contributed by atoms with van der Waals surface area (Å²) >= 11 is 5.91. The van der Waals surface area contributed by atoms with Gasteiger partial charge in [-0.15, -0.1) is 0 Å². The number of benzene rings is 1. The van der Waals surface area contributed by atoms with Crippen molar-refractivity contribution in [2.24, 2.45) is 5.92 Å². The number of aryl methyl sites for hydroxylation is 1. The monoisotopic (exact) mass is 477 g/mol. The first kappa shape index (κ1) is 22.2. The number of fused-ring (bicyclic) bond motifs is 1. The van der Waals surface area contributed by atoms with Gasteiger partial charge in [-0.2, -0.15) is 0 Å². The lowest BCUT2D eigenvalue weighted by molar-refractivity contribution is -0.144. The van der Waals surface area contributed by atoms with Crippen LogP contribution in [0.5, 0.6) is 5.75 Å². The summed E-state index contributed by atoms with van der Waals surface area (Å²) in [7, 11) is 0. The highest BCUT2D eigenvalue weighted by molar-refractivity contribution is 6.30. The van der Waals surface area contributed by atoms with Crippen molar-refractivity contribution in [3.05, 3.63) is 93.3 Å². The summed E-state index contributed by atoms with van der Waals surface area (Å²) in [5, 5.41) is 0.666. The molecule has 1 fully saturated rings. The number of ether oxygens (including phenoxy) is 2. The van der Waals surface area contributed by atoms with Crippen molar-refractivity contribution < 1.29 is 14.3 Å². The molecule has 34 heavy (non-hydrogen) atoms. The number of carbonyl (C=O) groups excluding carboxylic acids is 1. The zero-order valence-corrected chi connectivity index (χ0v) is 19.7. The lowest BCUT2D eigenvalue weighted by atomic mass is 10.2. The molecule has 1 aliphatic carbocycles. The minimum absolute atomic E-state index is 0.0854. The molecule has 4 aromatic rings. The molecule has 8 heteroatoms. The van der Waals surface area contributed by atoms with Crippen LogP contribution < -0.4 is 10.3 Å². The van der Waals surface area contributed by atoms with Gasteiger partial charge in [0.15, 0.2) is 0 Å². The van der Waals surface area contributed by atoms with Gasteiger partial charge in [-0.3, -0.25) is 14.2 Å². The fourth-order valence-corrected chi connectivity index (χ4v) is 4.31. The topological polar surface area (TPSA) is 74.8 Å². The van der Waals surface area contributed by atoms with Crippen molar-refractivity contribution >= 4 is 23.2 Å². The van der Waals surface area contributed by atoms with E-state index in [0.717, 1.165) is 29.0 Å². The van der Waals surface area contributed by atoms with Crippen molar-refractivity contribution in [1.29, 1.82) is 0 Å². The van der Waals surface area contributed by atoms with E-state index in [4.69, 9.17) is 26.1 Å². The van der Waals surface area contributed by atoms with Gasteiger partial charge in [0.25, 0.3) is 5.56 Å². The van der Waals surface area contributed by atoms with Crippen LogP contribution in [-0.2, 0) is 16.1 Å². The number of nitrogens with zero attached hydrogens (tertiary/aromatic N) is 3. The molecule has 0 N–H and O–H groups in total. The Kier molecular flexibility index (Phi) is 5.87. The smallest absolute Gasteiger partial charge is 0.309 e. The minimum Gasteiger partial charge on any atom is -0.489 e. The highest BCUT2D eigenvalue weighted by atomic mass is 35.5. The van der Waals surface area contributed by atoms with E-state index in [0.29, 0.717) is 29.7 Å². The van der Waals surface area contributed by atoms with Gasteiger partial charge in [0.2, 0.25) is 0 Å². The van der Waals surface area contributed by atoms with Crippen LogP contribution in [0.15, 0.2) is 65.7 Å². The summed E-state index contributed by atoms with van der Waals surface area (Å²) in [6.45, 7) is 4.52. The van der Waals surface area contributed by atoms with Crippen molar-refractivity contribution in [2.75, 3.05) is 6.61 Å². The molecule has 5 rings (SSSR count). The fourth-order valence-electron chi connectivity index (χ4n) is 4.18. The van der Waals surface area contributed by atoms with Crippen molar-refractivity contribution in [3.8, 4) is 11.4 Å². The SMILES string of the molecule is CCOC(=O)C1CC1c1nc2ccc(-n3ccc(OCc4ccc(Cl)cc4)cc3=O)cn2c1C. The molecular formula is C26H24ClN3O4. The van der Waals surface area contributed by atoms with Gasteiger partial charge in [0.05, 0.1) is 23.9 Å². The van der Waals surface area contributed by atoms with Crippen LogP contribution in [0.1, 0.15) is 36.2 Å². The van der Waals surface area contributed by atoms with E-state index in [1.807, 2.05) is 48.7 Å². The van der Waals surface area contributed by atoms with Gasteiger partial charge >= 0.3 is 5.97 Å². The highest BCUT2D eigenvalue weighted by Gasteiger charge is 2.47. The number of pyridine rings is 2. The first-order valence-corrected chi connectivity index (χ1v) is 11.6. The van der Waals surface area contributed by atoms with Gasteiger partial charge in [-0.25, -0.2) is 4.98 Å². The van der Waals surface area contributed by atoms with Gasteiger partial charge in [0, 0.05) is 35.1 Å². The largest absolute Gasteiger partial charge is 0.489 e. The number of rotatable bonds is 7. The van der Waals surface area contributed by atoms with Crippen LogP contribution in [0.25, 0.3) is 11.3 Å². The third-order valence-corrected chi connectivity index (χ3v) is 6.35. The van der Waals surface area contributed by atoms with Crippen molar-refractivity contribution in [1.82, 2.24) is 14.0 Å². The van der Waals surface area contributed by atoms with E-state index < -0.39 is 0 Å². The summed E-state index contributed by atoms with van der Waals surface area (Å²) in [4.78, 5) is 29.6. The van der Waals surface area contributed by atoms with Crippen molar-refractivity contribution in [3.63, 3.8) is 0 Å². The van der Waals surface area contributed by atoms with E-state index in [-0.39, 0.29) is 23.4 Å². The third kappa shape index (κ3) is 4.31. The first-order valence-electron chi connectivity index (χ1n) is 11.2. The van der Waals surface area contributed by atoms with Crippen LogP contribution in [0.4, 0.5) is 0 Å². The maximum absolute atomic E-state index is 12.8. The molecular weight excluding hydrogens is 454 g/mol. The zero-order valence-electron chi connectivity index (χ0n) is 18.9. The minimum atomic E-state index is -0.199. The molecule has 174 valence electrons. The molecule has 1 aliphatic rings. The van der Waals surface area contributed by atoms with Crippen LogP contribution in [0.2, 0.25) is 5.02 Å². The molecule has 0 bridgehead atoms. The molecule has 0 amide bonds. The molecule has 0 radical (unpaired) electrons. The Labute approximate surface area is 201 Å². The van der Waals surface area contributed by atoms with E-state index >= 15 is 0 Å². The molecule has 0 aliphatic heterocycles. The summed E-state index contributed by atoms with van der Waals surface area (Å²) in [5.41, 5.74) is 4.13. The first-order chi connectivity index (χ1) is 16.4. The molecule has 2 atom stereocenters. The van der Waals surface area contributed by atoms with Gasteiger partial charge in [0.1, 0.15) is 18.0 Å². The maximum atomic E-state index is 12.8. The van der Waals surface area contributed by atoms with Crippen LogP contribution in [0, 0.1) is 12.8 Å². The second-order valence-corrected chi connectivity index (χ2v) is 8.82. The lowest BCUT2D eigenvalue weighted by Crippen LogP contribution is -2.17. The number of hydrogen-bond acceptors (Lipinski definition) is 5. The Morgan fingerprint density at radius 3 is 2.71 bits per heavy atom. The highest BCUT2D eigenvalue weighted by Crippen LogP contribution is 2.48. The lowest BCUT2D eigenvalue weighted by Gasteiger charge is -2.10. The second kappa shape index (κ2) is 8.99. The molecule has 2 unspecified atom stereocenters. The molecule has 3 heterocycles. The Morgan fingerprint density at radius 2 is 1.97 bits per heavy atom. The summed E-state index contributed by atoms with van der Waals surface area (Å²) < 4.78 is 14.4. The predicted molar refractivity (Wildman–Crippen MR) is 129 cm³/mol. The molecule has 0 spiro atoms. The van der Waals surface area contributed by atoms with E-state index in [2.05, 4.69) is 0 Å². The number of imidazole rings is 1. The average molecular weight is 478 g/mol. The van der Waals surface area contributed by atoms with Crippen LogP contribution >= 0.6 is 11.6 Å². The Balaban J connectivity index is 1.36. The van der Waals surface area contributed by atoms with Gasteiger partial charge in [-0.1, -0.05) is 23.7 Å². The standard InChI is InChI=1S/C26H24ClN3O4/c1-3-33-26(32)22-13-21(22)25-16(2)30-14-19(8-9-23(30)28-25)29-11-10-20(12-24(29)31)34-15-17-4-6-18(27)7-5-17/h4-12,14,21-22H,3,13,15H2,1-2H3. The summed E-state index contributed by atoms with van der Waals surface area (Å²) in [6.07, 6.45) is 4.34. The molecule has 0 saturated heterocycles. The quantitative estimate of drug-likeness (QED) is 0.361. The summed E-state index contributed by atoms with van der Waals surface area (Å²) in [6, 6.07) is 14.4. The van der Waals surface area contributed by atoms with Gasteiger partial charge in [-0.05, 0) is 56.2 Å². The number of esters is 1. The molecule has 3 aromatic heterocycles. The Bertz CT molecular complexity index is 1420.